The van der Waals surface area contributed by atoms with Crippen LogP contribution in [0.15, 0.2) is 12.1 Å². The van der Waals surface area contributed by atoms with Gasteiger partial charge in [0.1, 0.15) is 5.69 Å². The van der Waals surface area contributed by atoms with E-state index in [1.165, 1.54) is 6.07 Å². The molecule has 0 bridgehead atoms. The summed E-state index contributed by atoms with van der Waals surface area (Å²) in [4.78, 5) is 3.71. The zero-order chi connectivity index (χ0) is 8.43. The number of pyridine rings is 1. The lowest BCUT2D eigenvalue weighted by molar-refractivity contribution is 0.146. The van der Waals surface area contributed by atoms with Gasteiger partial charge in [0, 0.05) is 3.57 Å². The summed E-state index contributed by atoms with van der Waals surface area (Å²) in [7, 11) is 0. The predicted molar refractivity (Wildman–Crippen MR) is 46.6 cm³/mol. The van der Waals surface area contributed by atoms with E-state index >= 15 is 0 Å². The summed E-state index contributed by atoms with van der Waals surface area (Å²) in [5.74, 6) is 0. The zero-order valence-corrected chi connectivity index (χ0v) is 7.97. The number of hydrogen-bond acceptors (Lipinski definition) is 1. The van der Waals surface area contributed by atoms with Crippen molar-refractivity contribution < 1.29 is 8.78 Å². The Morgan fingerprint density at radius 1 is 1.45 bits per heavy atom. The highest BCUT2D eigenvalue weighted by molar-refractivity contribution is 14.1. The van der Waals surface area contributed by atoms with Crippen molar-refractivity contribution in [2.24, 2.45) is 0 Å². The summed E-state index contributed by atoms with van der Waals surface area (Å²) in [6.45, 7) is 1.72. The van der Waals surface area contributed by atoms with Crippen molar-refractivity contribution in [3.8, 4) is 0 Å². The molecule has 1 aromatic rings. The second-order valence-electron chi connectivity index (χ2n) is 2.10. The van der Waals surface area contributed by atoms with Gasteiger partial charge in [-0.15, -0.1) is 0 Å². The maximum Gasteiger partial charge on any atom is 0.280 e. The average Bonchev–Trinajstić information content (AvgIpc) is 1.94. The molecule has 1 rings (SSSR count). The molecule has 0 saturated carbocycles. The molecule has 1 aromatic heterocycles. The molecule has 0 aliphatic carbocycles. The minimum atomic E-state index is -2.47. The molecule has 0 radical (unpaired) electrons. The zero-order valence-electron chi connectivity index (χ0n) is 5.81. The first-order valence-electron chi connectivity index (χ1n) is 3.02. The fourth-order valence-corrected chi connectivity index (χ4v) is 0.985. The molecule has 0 fully saturated rings. The number of aryl methyl sites for hydroxylation is 1. The van der Waals surface area contributed by atoms with E-state index in [0.717, 1.165) is 3.57 Å². The summed E-state index contributed by atoms with van der Waals surface area (Å²) in [5.41, 5.74) is 0.506. The third kappa shape index (κ3) is 2.08. The number of aromatic nitrogens is 1. The molecule has 0 aliphatic heterocycles. The largest absolute Gasteiger partial charge is 0.280 e. The predicted octanol–water partition coefficient (Wildman–Crippen LogP) is 2.93. The van der Waals surface area contributed by atoms with Gasteiger partial charge < -0.3 is 0 Å². The van der Waals surface area contributed by atoms with Crippen LogP contribution in [0.1, 0.15) is 17.8 Å². The van der Waals surface area contributed by atoms with Crippen LogP contribution in [0.5, 0.6) is 0 Å². The minimum absolute atomic E-state index is 0.150. The second-order valence-corrected chi connectivity index (χ2v) is 3.27. The minimum Gasteiger partial charge on any atom is -0.251 e. The molecule has 0 unspecified atom stereocenters. The number of halogens is 3. The molecule has 0 atom stereocenters. The molecule has 1 nitrogen and oxygen atoms in total. The van der Waals surface area contributed by atoms with Crippen LogP contribution in [0, 0.1) is 10.5 Å². The van der Waals surface area contributed by atoms with Crippen LogP contribution in [-0.2, 0) is 0 Å². The smallest absolute Gasteiger partial charge is 0.251 e. The summed E-state index contributed by atoms with van der Waals surface area (Å²) >= 11 is 2.06. The van der Waals surface area contributed by atoms with Crippen molar-refractivity contribution in [3.05, 3.63) is 27.1 Å². The maximum absolute atomic E-state index is 12.0. The lowest BCUT2D eigenvalue weighted by atomic mass is 10.3. The first-order chi connectivity index (χ1) is 5.11. The number of alkyl halides is 2. The first-order valence-corrected chi connectivity index (χ1v) is 4.10. The third-order valence-electron chi connectivity index (χ3n) is 1.27. The van der Waals surface area contributed by atoms with Gasteiger partial charge >= 0.3 is 0 Å². The summed E-state index contributed by atoms with van der Waals surface area (Å²) in [6, 6.07) is 2.99. The van der Waals surface area contributed by atoms with Crippen LogP contribution in [0.25, 0.3) is 0 Å². The van der Waals surface area contributed by atoms with Crippen molar-refractivity contribution >= 4 is 22.6 Å². The third-order valence-corrected chi connectivity index (χ3v) is 2.41. The molecule has 0 saturated heterocycles. The van der Waals surface area contributed by atoms with Gasteiger partial charge in [-0.05, 0) is 41.6 Å². The van der Waals surface area contributed by atoms with E-state index in [2.05, 4.69) is 27.6 Å². The summed E-state index contributed by atoms with van der Waals surface area (Å²) in [6.07, 6.45) is -2.47. The second kappa shape index (κ2) is 3.42. The Balaban J connectivity index is 3.05. The molecular weight excluding hydrogens is 263 g/mol. The van der Waals surface area contributed by atoms with Crippen molar-refractivity contribution in [1.82, 2.24) is 4.98 Å². The molecule has 0 aliphatic rings. The Kier molecular flexibility index (Phi) is 2.75. The van der Waals surface area contributed by atoms with E-state index < -0.39 is 6.43 Å². The van der Waals surface area contributed by atoms with E-state index in [4.69, 9.17) is 0 Å². The van der Waals surface area contributed by atoms with Crippen LogP contribution < -0.4 is 0 Å². The quantitative estimate of drug-likeness (QED) is 0.714. The highest BCUT2D eigenvalue weighted by Crippen LogP contribution is 2.18. The Hall–Kier alpha value is -0.260. The van der Waals surface area contributed by atoms with E-state index in [1.54, 1.807) is 13.0 Å². The van der Waals surface area contributed by atoms with Gasteiger partial charge in [0.05, 0.1) is 5.69 Å². The lowest BCUT2D eigenvalue weighted by Crippen LogP contribution is -1.93. The van der Waals surface area contributed by atoms with Gasteiger partial charge in [-0.25, -0.2) is 8.78 Å². The summed E-state index contributed by atoms with van der Waals surface area (Å²) < 4.78 is 24.9. The molecule has 60 valence electrons. The molecule has 0 aromatic carbocycles. The van der Waals surface area contributed by atoms with Crippen molar-refractivity contribution in [2.45, 2.75) is 13.3 Å². The fraction of sp³-hybridized carbons (Fsp3) is 0.286. The standard InChI is InChI=1S/C7H6F2IN/c1-4-5(10)2-3-6(11-4)7(8)9/h2-3,7H,1H3. The first kappa shape index (κ1) is 8.83. The Morgan fingerprint density at radius 3 is 2.55 bits per heavy atom. The summed E-state index contributed by atoms with van der Waals surface area (Å²) in [5, 5.41) is 0. The molecule has 0 amide bonds. The van der Waals surface area contributed by atoms with Crippen LogP contribution in [0.4, 0.5) is 8.78 Å². The van der Waals surface area contributed by atoms with Crippen molar-refractivity contribution in [3.63, 3.8) is 0 Å². The van der Waals surface area contributed by atoms with Crippen LogP contribution in [0.3, 0.4) is 0 Å². The average molecular weight is 269 g/mol. The van der Waals surface area contributed by atoms with Gasteiger partial charge in [0.2, 0.25) is 0 Å². The van der Waals surface area contributed by atoms with Crippen LogP contribution >= 0.6 is 22.6 Å². The van der Waals surface area contributed by atoms with E-state index in [-0.39, 0.29) is 5.69 Å². The van der Waals surface area contributed by atoms with Crippen LogP contribution in [-0.4, -0.2) is 4.98 Å². The Labute approximate surface area is 77.0 Å². The highest BCUT2D eigenvalue weighted by Gasteiger charge is 2.08. The van der Waals surface area contributed by atoms with Crippen molar-refractivity contribution in [2.75, 3.05) is 0 Å². The van der Waals surface area contributed by atoms with Gasteiger partial charge in [-0.2, -0.15) is 0 Å². The van der Waals surface area contributed by atoms with E-state index in [1.807, 2.05) is 0 Å². The van der Waals surface area contributed by atoms with Gasteiger partial charge in [0.15, 0.2) is 0 Å². The maximum atomic E-state index is 12.0. The van der Waals surface area contributed by atoms with Gasteiger partial charge in [-0.1, -0.05) is 0 Å². The normalized spacial score (nSPS) is 10.6. The Morgan fingerprint density at radius 2 is 2.09 bits per heavy atom. The van der Waals surface area contributed by atoms with Gasteiger partial charge in [-0.3, -0.25) is 4.98 Å². The van der Waals surface area contributed by atoms with Gasteiger partial charge in [0.25, 0.3) is 6.43 Å². The van der Waals surface area contributed by atoms with E-state index in [9.17, 15) is 8.78 Å². The monoisotopic (exact) mass is 269 g/mol. The van der Waals surface area contributed by atoms with Crippen molar-refractivity contribution in [1.29, 1.82) is 0 Å². The number of hydrogen-bond donors (Lipinski definition) is 0. The molecule has 11 heavy (non-hydrogen) atoms. The van der Waals surface area contributed by atoms with E-state index in [0.29, 0.717) is 5.69 Å². The topological polar surface area (TPSA) is 12.9 Å². The number of nitrogens with zero attached hydrogens (tertiary/aromatic N) is 1. The molecule has 0 spiro atoms. The molecule has 0 N–H and O–H groups in total. The Bertz CT molecular complexity index is 263. The van der Waals surface area contributed by atoms with Crippen LogP contribution in [0.2, 0.25) is 0 Å². The molecule has 1 heterocycles. The SMILES string of the molecule is Cc1nc(C(F)F)ccc1I. The number of rotatable bonds is 1. The molecular formula is C7H6F2IN. The fourth-order valence-electron chi connectivity index (χ4n) is 0.685. The highest BCUT2D eigenvalue weighted by atomic mass is 127. The molecule has 4 heteroatoms. The lowest BCUT2D eigenvalue weighted by Gasteiger charge is -2.00.